The van der Waals surface area contributed by atoms with Gasteiger partial charge in [-0.3, -0.25) is 4.90 Å². The SMILES string of the molecule is C[C@@H]1CCC[C@@H](C)N1CCCCO. The molecule has 0 aromatic heterocycles. The summed E-state index contributed by atoms with van der Waals surface area (Å²) >= 11 is 0. The number of aliphatic hydroxyl groups is 1. The van der Waals surface area contributed by atoms with Gasteiger partial charge in [-0.05, 0) is 46.1 Å². The predicted molar refractivity (Wildman–Crippen MR) is 55.8 cm³/mol. The van der Waals surface area contributed by atoms with Gasteiger partial charge in [-0.1, -0.05) is 6.42 Å². The summed E-state index contributed by atoms with van der Waals surface area (Å²) in [6.45, 7) is 6.17. The van der Waals surface area contributed by atoms with Gasteiger partial charge in [0, 0.05) is 18.7 Å². The van der Waals surface area contributed by atoms with E-state index in [2.05, 4.69) is 18.7 Å². The molecule has 0 unspecified atom stereocenters. The van der Waals surface area contributed by atoms with Crippen LogP contribution in [0, 0.1) is 0 Å². The first kappa shape index (κ1) is 11.0. The molecule has 1 aliphatic rings. The van der Waals surface area contributed by atoms with Crippen LogP contribution in [0.1, 0.15) is 46.0 Å². The Balaban J connectivity index is 2.26. The van der Waals surface area contributed by atoms with Gasteiger partial charge < -0.3 is 5.11 Å². The lowest BCUT2D eigenvalue weighted by Crippen LogP contribution is -2.44. The van der Waals surface area contributed by atoms with E-state index in [1.54, 1.807) is 0 Å². The van der Waals surface area contributed by atoms with Crippen molar-refractivity contribution in [3.8, 4) is 0 Å². The number of nitrogens with zero attached hydrogens (tertiary/aromatic N) is 1. The summed E-state index contributed by atoms with van der Waals surface area (Å²) < 4.78 is 0. The van der Waals surface area contributed by atoms with Crippen molar-refractivity contribution in [3.05, 3.63) is 0 Å². The topological polar surface area (TPSA) is 23.5 Å². The highest BCUT2D eigenvalue weighted by Crippen LogP contribution is 2.22. The van der Waals surface area contributed by atoms with Crippen molar-refractivity contribution in [2.75, 3.05) is 13.2 Å². The van der Waals surface area contributed by atoms with Gasteiger partial charge in [-0.2, -0.15) is 0 Å². The number of likely N-dealkylation sites (tertiary alicyclic amines) is 1. The summed E-state index contributed by atoms with van der Waals surface area (Å²) in [7, 11) is 0. The Morgan fingerprint density at radius 2 is 1.77 bits per heavy atom. The average molecular weight is 185 g/mol. The minimum atomic E-state index is 0.344. The predicted octanol–water partition coefficient (Wildman–Crippen LogP) is 2.02. The minimum absolute atomic E-state index is 0.344. The number of unbranched alkanes of at least 4 members (excludes halogenated alkanes) is 1. The van der Waals surface area contributed by atoms with Crippen LogP contribution in [0.25, 0.3) is 0 Å². The number of hydrogen-bond acceptors (Lipinski definition) is 2. The molecule has 78 valence electrons. The highest BCUT2D eigenvalue weighted by Gasteiger charge is 2.23. The molecule has 2 nitrogen and oxygen atoms in total. The zero-order valence-electron chi connectivity index (χ0n) is 9.00. The van der Waals surface area contributed by atoms with Crippen LogP contribution in [0.15, 0.2) is 0 Å². The zero-order valence-corrected chi connectivity index (χ0v) is 9.00. The normalized spacial score (nSPS) is 30.7. The quantitative estimate of drug-likeness (QED) is 0.677. The van der Waals surface area contributed by atoms with Gasteiger partial charge in [0.15, 0.2) is 0 Å². The molecule has 1 fully saturated rings. The van der Waals surface area contributed by atoms with Gasteiger partial charge >= 0.3 is 0 Å². The van der Waals surface area contributed by atoms with Crippen LogP contribution < -0.4 is 0 Å². The fourth-order valence-electron chi connectivity index (χ4n) is 2.32. The first-order valence-electron chi connectivity index (χ1n) is 5.62. The number of aliphatic hydroxyl groups excluding tert-OH is 1. The molecule has 0 radical (unpaired) electrons. The molecule has 0 aromatic carbocycles. The third kappa shape index (κ3) is 3.28. The van der Waals surface area contributed by atoms with E-state index in [0.29, 0.717) is 6.61 Å². The maximum Gasteiger partial charge on any atom is 0.0431 e. The van der Waals surface area contributed by atoms with Crippen molar-refractivity contribution in [1.82, 2.24) is 4.90 Å². The van der Waals surface area contributed by atoms with E-state index in [-0.39, 0.29) is 0 Å². The van der Waals surface area contributed by atoms with Crippen molar-refractivity contribution in [3.63, 3.8) is 0 Å². The summed E-state index contributed by atoms with van der Waals surface area (Å²) in [5.74, 6) is 0. The van der Waals surface area contributed by atoms with E-state index < -0.39 is 0 Å². The average Bonchev–Trinajstić information content (AvgIpc) is 2.10. The molecular weight excluding hydrogens is 162 g/mol. The fourth-order valence-corrected chi connectivity index (χ4v) is 2.32. The Morgan fingerprint density at radius 1 is 1.15 bits per heavy atom. The monoisotopic (exact) mass is 185 g/mol. The number of hydrogen-bond donors (Lipinski definition) is 1. The molecule has 0 aliphatic carbocycles. The van der Waals surface area contributed by atoms with Gasteiger partial charge in [-0.15, -0.1) is 0 Å². The Hall–Kier alpha value is -0.0800. The third-order valence-corrected chi connectivity index (χ3v) is 3.20. The maximum absolute atomic E-state index is 8.71. The Bertz CT molecular complexity index is 128. The van der Waals surface area contributed by atoms with E-state index >= 15 is 0 Å². The van der Waals surface area contributed by atoms with Crippen molar-refractivity contribution in [2.24, 2.45) is 0 Å². The molecule has 1 N–H and O–H groups in total. The van der Waals surface area contributed by atoms with E-state index in [9.17, 15) is 0 Å². The molecule has 2 atom stereocenters. The van der Waals surface area contributed by atoms with E-state index in [1.165, 1.54) is 25.8 Å². The Labute approximate surface area is 81.9 Å². The van der Waals surface area contributed by atoms with Crippen LogP contribution in [-0.4, -0.2) is 35.2 Å². The van der Waals surface area contributed by atoms with Crippen LogP contribution in [0.3, 0.4) is 0 Å². The molecule has 1 heterocycles. The number of rotatable bonds is 4. The van der Waals surface area contributed by atoms with Crippen molar-refractivity contribution in [1.29, 1.82) is 0 Å². The van der Waals surface area contributed by atoms with Crippen LogP contribution in [0.4, 0.5) is 0 Å². The van der Waals surface area contributed by atoms with Gasteiger partial charge in [0.1, 0.15) is 0 Å². The van der Waals surface area contributed by atoms with Gasteiger partial charge in [0.05, 0.1) is 0 Å². The smallest absolute Gasteiger partial charge is 0.0431 e. The highest BCUT2D eigenvalue weighted by atomic mass is 16.2. The second-order valence-corrected chi connectivity index (χ2v) is 4.30. The van der Waals surface area contributed by atoms with Gasteiger partial charge in [-0.25, -0.2) is 0 Å². The molecule has 2 heteroatoms. The lowest BCUT2D eigenvalue weighted by Gasteiger charge is -2.39. The summed E-state index contributed by atoms with van der Waals surface area (Å²) in [6.07, 6.45) is 6.19. The van der Waals surface area contributed by atoms with E-state index in [1.807, 2.05) is 0 Å². The van der Waals surface area contributed by atoms with Crippen molar-refractivity contribution in [2.45, 2.75) is 58.0 Å². The summed E-state index contributed by atoms with van der Waals surface area (Å²) in [5.41, 5.74) is 0. The lowest BCUT2D eigenvalue weighted by atomic mass is 9.97. The van der Waals surface area contributed by atoms with E-state index in [0.717, 1.165) is 24.9 Å². The molecule has 1 rings (SSSR count). The van der Waals surface area contributed by atoms with Crippen molar-refractivity contribution < 1.29 is 5.11 Å². The van der Waals surface area contributed by atoms with Gasteiger partial charge in [0.25, 0.3) is 0 Å². The zero-order chi connectivity index (χ0) is 9.68. The molecule has 0 bridgehead atoms. The summed E-state index contributed by atoms with van der Waals surface area (Å²) in [6, 6.07) is 1.50. The van der Waals surface area contributed by atoms with Crippen LogP contribution >= 0.6 is 0 Å². The van der Waals surface area contributed by atoms with E-state index in [4.69, 9.17) is 5.11 Å². The largest absolute Gasteiger partial charge is 0.396 e. The second kappa shape index (κ2) is 5.61. The molecule has 0 aromatic rings. The van der Waals surface area contributed by atoms with Crippen LogP contribution in [0.2, 0.25) is 0 Å². The molecule has 13 heavy (non-hydrogen) atoms. The van der Waals surface area contributed by atoms with Gasteiger partial charge in [0.2, 0.25) is 0 Å². The first-order chi connectivity index (χ1) is 6.25. The molecular formula is C11H23NO. The maximum atomic E-state index is 8.71. The second-order valence-electron chi connectivity index (χ2n) is 4.30. The molecule has 1 saturated heterocycles. The van der Waals surface area contributed by atoms with Crippen molar-refractivity contribution >= 4 is 0 Å². The summed E-state index contributed by atoms with van der Waals surface area (Å²) in [4.78, 5) is 2.60. The Morgan fingerprint density at radius 3 is 2.31 bits per heavy atom. The molecule has 0 amide bonds. The number of piperidine rings is 1. The standard InChI is InChI=1S/C11H23NO/c1-10-6-5-7-11(2)12(10)8-3-4-9-13/h10-11,13H,3-9H2,1-2H3/t10-,11-/m1/s1. The molecule has 0 spiro atoms. The molecule has 1 aliphatic heterocycles. The first-order valence-corrected chi connectivity index (χ1v) is 5.62. The summed E-state index contributed by atoms with van der Waals surface area (Å²) in [5, 5.41) is 8.71. The lowest BCUT2D eigenvalue weighted by molar-refractivity contribution is 0.0990. The third-order valence-electron chi connectivity index (χ3n) is 3.20. The molecule has 0 saturated carbocycles. The highest BCUT2D eigenvalue weighted by molar-refractivity contribution is 4.79. The van der Waals surface area contributed by atoms with Crippen LogP contribution in [0.5, 0.6) is 0 Å². The Kier molecular flexibility index (Phi) is 4.74. The fraction of sp³-hybridized carbons (Fsp3) is 1.00. The minimum Gasteiger partial charge on any atom is -0.396 e. The van der Waals surface area contributed by atoms with Crippen LogP contribution in [-0.2, 0) is 0 Å².